The molecule has 1 aliphatic heterocycles. The predicted octanol–water partition coefficient (Wildman–Crippen LogP) is 0.274. The van der Waals surface area contributed by atoms with Crippen molar-refractivity contribution in [3.05, 3.63) is 0 Å². The summed E-state index contributed by atoms with van der Waals surface area (Å²) >= 11 is 0. The highest BCUT2D eigenvalue weighted by atomic mass is 16.4. The SMILES string of the molecule is CC(N)(CN1CCCCC1)C(=O)O. The number of hydrogen-bond acceptors (Lipinski definition) is 3. The number of carboxylic acids is 1. The van der Waals surface area contributed by atoms with Crippen LogP contribution in [0.2, 0.25) is 0 Å². The number of rotatable bonds is 3. The minimum atomic E-state index is -1.10. The van der Waals surface area contributed by atoms with Crippen LogP contribution in [0.3, 0.4) is 0 Å². The van der Waals surface area contributed by atoms with Gasteiger partial charge < -0.3 is 15.7 Å². The van der Waals surface area contributed by atoms with Gasteiger partial charge in [-0.25, -0.2) is 0 Å². The van der Waals surface area contributed by atoms with Gasteiger partial charge in [-0.1, -0.05) is 6.42 Å². The van der Waals surface area contributed by atoms with E-state index in [1.807, 2.05) is 0 Å². The van der Waals surface area contributed by atoms with Gasteiger partial charge in [0, 0.05) is 6.54 Å². The molecule has 1 heterocycles. The molecule has 3 N–H and O–H groups in total. The van der Waals surface area contributed by atoms with Gasteiger partial charge in [-0.15, -0.1) is 0 Å². The van der Waals surface area contributed by atoms with Crippen molar-refractivity contribution in [1.82, 2.24) is 4.90 Å². The maximum atomic E-state index is 10.7. The zero-order valence-corrected chi connectivity index (χ0v) is 8.12. The van der Waals surface area contributed by atoms with Gasteiger partial charge in [-0.05, 0) is 32.9 Å². The number of carboxylic acid groups (broad SMARTS) is 1. The van der Waals surface area contributed by atoms with Crippen molar-refractivity contribution in [1.29, 1.82) is 0 Å². The number of nitrogens with two attached hydrogens (primary N) is 1. The van der Waals surface area contributed by atoms with E-state index in [2.05, 4.69) is 4.90 Å². The van der Waals surface area contributed by atoms with Crippen LogP contribution in [0.1, 0.15) is 26.2 Å². The Balaban J connectivity index is 2.41. The molecule has 0 aromatic carbocycles. The van der Waals surface area contributed by atoms with E-state index in [-0.39, 0.29) is 0 Å². The summed E-state index contributed by atoms with van der Waals surface area (Å²) in [6.45, 7) is 4.01. The summed E-state index contributed by atoms with van der Waals surface area (Å²) < 4.78 is 0. The second-order valence-corrected chi connectivity index (χ2v) is 4.06. The van der Waals surface area contributed by atoms with Crippen LogP contribution in [-0.2, 0) is 4.79 Å². The fourth-order valence-electron chi connectivity index (χ4n) is 1.65. The maximum Gasteiger partial charge on any atom is 0.324 e. The third-order valence-corrected chi connectivity index (χ3v) is 2.49. The van der Waals surface area contributed by atoms with Crippen LogP contribution in [0.25, 0.3) is 0 Å². The Morgan fingerprint density at radius 3 is 2.46 bits per heavy atom. The van der Waals surface area contributed by atoms with Crippen LogP contribution in [0, 0.1) is 0 Å². The number of hydrogen-bond donors (Lipinski definition) is 2. The first-order valence-electron chi connectivity index (χ1n) is 4.77. The molecule has 0 saturated carbocycles. The summed E-state index contributed by atoms with van der Waals surface area (Å²) in [5.41, 5.74) is 4.55. The Labute approximate surface area is 78.7 Å². The van der Waals surface area contributed by atoms with E-state index in [1.54, 1.807) is 6.92 Å². The lowest BCUT2D eigenvalue weighted by atomic mass is 10.0. The second-order valence-electron chi connectivity index (χ2n) is 4.06. The molecule has 0 spiro atoms. The summed E-state index contributed by atoms with van der Waals surface area (Å²) in [5.74, 6) is -0.918. The van der Waals surface area contributed by atoms with E-state index in [0.29, 0.717) is 6.54 Å². The van der Waals surface area contributed by atoms with Gasteiger partial charge in [-0.2, -0.15) is 0 Å². The molecule has 0 amide bonds. The van der Waals surface area contributed by atoms with Gasteiger partial charge in [0.05, 0.1) is 0 Å². The fraction of sp³-hybridized carbons (Fsp3) is 0.889. The van der Waals surface area contributed by atoms with Crippen molar-refractivity contribution < 1.29 is 9.90 Å². The van der Waals surface area contributed by atoms with Crippen molar-refractivity contribution in [2.75, 3.05) is 19.6 Å². The van der Waals surface area contributed by atoms with Crippen LogP contribution < -0.4 is 5.73 Å². The molecule has 0 aliphatic carbocycles. The molecule has 0 aromatic heterocycles. The molecule has 1 saturated heterocycles. The van der Waals surface area contributed by atoms with Gasteiger partial charge in [-0.3, -0.25) is 4.79 Å². The van der Waals surface area contributed by atoms with E-state index >= 15 is 0 Å². The average molecular weight is 186 g/mol. The first-order chi connectivity index (χ1) is 6.02. The summed E-state index contributed by atoms with van der Waals surface area (Å²) in [7, 11) is 0. The van der Waals surface area contributed by atoms with Crippen molar-refractivity contribution >= 4 is 5.97 Å². The first-order valence-corrected chi connectivity index (χ1v) is 4.77. The Bertz CT molecular complexity index is 186. The highest BCUT2D eigenvalue weighted by Gasteiger charge is 2.30. The molecule has 76 valence electrons. The number of likely N-dealkylation sites (tertiary alicyclic amines) is 1. The van der Waals surface area contributed by atoms with Crippen molar-refractivity contribution in [2.45, 2.75) is 31.7 Å². The van der Waals surface area contributed by atoms with Crippen LogP contribution in [0.4, 0.5) is 0 Å². The molecular formula is C9H18N2O2. The molecule has 1 atom stereocenters. The Kier molecular flexibility index (Phi) is 3.27. The molecule has 0 aromatic rings. The zero-order valence-electron chi connectivity index (χ0n) is 8.12. The molecule has 13 heavy (non-hydrogen) atoms. The molecule has 0 radical (unpaired) electrons. The predicted molar refractivity (Wildman–Crippen MR) is 50.5 cm³/mol. The minimum Gasteiger partial charge on any atom is -0.480 e. The topological polar surface area (TPSA) is 66.6 Å². The lowest BCUT2D eigenvalue weighted by molar-refractivity contribution is -0.143. The summed E-state index contributed by atoms with van der Waals surface area (Å²) in [6, 6.07) is 0. The van der Waals surface area contributed by atoms with Gasteiger partial charge in [0.15, 0.2) is 0 Å². The Hall–Kier alpha value is -0.610. The van der Waals surface area contributed by atoms with Gasteiger partial charge in [0.1, 0.15) is 5.54 Å². The minimum absolute atomic E-state index is 0.461. The van der Waals surface area contributed by atoms with Crippen LogP contribution in [-0.4, -0.2) is 41.1 Å². The Morgan fingerprint density at radius 1 is 1.46 bits per heavy atom. The smallest absolute Gasteiger partial charge is 0.324 e. The number of nitrogens with zero attached hydrogens (tertiary/aromatic N) is 1. The summed E-state index contributed by atoms with van der Waals surface area (Å²) in [4.78, 5) is 12.9. The highest BCUT2D eigenvalue weighted by molar-refractivity contribution is 5.78. The molecule has 4 heteroatoms. The molecule has 1 unspecified atom stereocenters. The Morgan fingerprint density at radius 2 is 2.00 bits per heavy atom. The third kappa shape index (κ3) is 2.97. The van der Waals surface area contributed by atoms with E-state index < -0.39 is 11.5 Å². The zero-order chi connectivity index (χ0) is 9.90. The summed E-state index contributed by atoms with van der Waals surface area (Å²) in [6.07, 6.45) is 3.58. The molecule has 4 nitrogen and oxygen atoms in total. The monoisotopic (exact) mass is 186 g/mol. The van der Waals surface area contributed by atoms with E-state index in [4.69, 9.17) is 10.8 Å². The van der Waals surface area contributed by atoms with E-state index in [1.165, 1.54) is 6.42 Å². The highest BCUT2D eigenvalue weighted by Crippen LogP contribution is 2.11. The molecule has 1 fully saturated rings. The molecule has 0 bridgehead atoms. The average Bonchev–Trinajstić information content (AvgIpc) is 2.05. The lowest BCUT2D eigenvalue weighted by Gasteiger charge is -2.32. The number of piperidine rings is 1. The van der Waals surface area contributed by atoms with Gasteiger partial charge in [0.25, 0.3) is 0 Å². The molecule has 1 rings (SSSR count). The van der Waals surface area contributed by atoms with Gasteiger partial charge >= 0.3 is 5.97 Å². The van der Waals surface area contributed by atoms with E-state index in [0.717, 1.165) is 25.9 Å². The third-order valence-electron chi connectivity index (χ3n) is 2.49. The lowest BCUT2D eigenvalue weighted by Crippen LogP contribution is -2.54. The molecular weight excluding hydrogens is 168 g/mol. The summed E-state index contributed by atoms with van der Waals surface area (Å²) in [5, 5.41) is 8.82. The van der Waals surface area contributed by atoms with Crippen LogP contribution in [0.5, 0.6) is 0 Å². The quantitative estimate of drug-likeness (QED) is 0.664. The normalized spacial score (nSPS) is 23.8. The van der Waals surface area contributed by atoms with Crippen LogP contribution in [0.15, 0.2) is 0 Å². The van der Waals surface area contributed by atoms with Gasteiger partial charge in [0.2, 0.25) is 0 Å². The largest absolute Gasteiger partial charge is 0.480 e. The molecule has 1 aliphatic rings. The van der Waals surface area contributed by atoms with Crippen molar-refractivity contribution in [3.8, 4) is 0 Å². The fourth-order valence-corrected chi connectivity index (χ4v) is 1.65. The standard InChI is InChI=1S/C9H18N2O2/c1-9(10,8(12)13)7-11-5-3-2-4-6-11/h2-7,10H2,1H3,(H,12,13). The number of aliphatic carboxylic acids is 1. The first kappa shape index (κ1) is 10.5. The van der Waals surface area contributed by atoms with Crippen LogP contribution >= 0.6 is 0 Å². The van der Waals surface area contributed by atoms with Crippen molar-refractivity contribution in [3.63, 3.8) is 0 Å². The van der Waals surface area contributed by atoms with Crippen molar-refractivity contribution in [2.24, 2.45) is 5.73 Å². The second kappa shape index (κ2) is 4.07. The maximum absolute atomic E-state index is 10.7. The van der Waals surface area contributed by atoms with E-state index in [9.17, 15) is 4.79 Å². The number of carbonyl (C=O) groups is 1.